The van der Waals surface area contributed by atoms with Gasteiger partial charge in [0.15, 0.2) is 17.5 Å². The Bertz CT molecular complexity index is 2500. The summed E-state index contributed by atoms with van der Waals surface area (Å²) in [4.78, 5) is 14.8. The van der Waals surface area contributed by atoms with E-state index in [0.717, 1.165) is 39.0 Å². The highest BCUT2D eigenvalue weighted by molar-refractivity contribution is 6.10. The molecular formula is C41H22F2N6. The van der Waals surface area contributed by atoms with Crippen molar-refractivity contribution in [3.05, 3.63) is 156 Å². The molecule has 0 saturated heterocycles. The average Bonchev–Trinajstić information content (AvgIpc) is 3.47. The van der Waals surface area contributed by atoms with Crippen molar-refractivity contribution in [1.82, 2.24) is 19.5 Å². The monoisotopic (exact) mass is 636 g/mol. The molecule has 0 aliphatic rings. The molecule has 0 saturated carbocycles. The summed E-state index contributed by atoms with van der Waals surface area (Å²) in [5, 5.41) is 21.0. The number of aromatic nitrogens is 4. The lowest BCUT2D eigenvalue weighted by Gasteiger charge is -2.16. The van der Waals surface area contributed by atoms with E-state index in [2.05, 4.69) is 12.1 Å². The summed E-state index contributed by atoms with van der Waals surface area (Å²) < 4.78 is 31.0. The van der Waals surface area contributed by atoms with Gasteiger partial charge in [-0.05, 0) is 71.8 Å². The van der Waals surface area contributed by atoms with E-state index in [0.29, 0.717) is 51.0 Å². The molecule has 0 aliphatic carbocycles. The smallest absolute Gasteiger partial charge is 0.166 e. The lowest BCUT2D eigenvalue weighted by Crippen LogP contribution is -2.04. The van der Waals surface area contributed by atoms with Gasteiger partial charge in [0.2, 0.25) is 0 Å². The second-order valence-electron chi connectivity index (χ2n) is 11.5. The molecule has 0 N–H and O–H groups in total. The van der Waals surface area contributed by atoms with Crippen molar-refractivity contribution in [2.75, 3.05) is 0 Å². The first-order valence-corrected chi connectivity index (χ1v) is 15.4. The zero-order valence-corrected chi connectivity index (χ0v) is 25.6. The van der Waals surface area contributed by atoms with E-state index < -0.39 is 11.6 Å². The second kappa shape index (κ2) is 12.0. The van der Waals surface area contributed by atoms with Crippen LogP contribution in [-0.2, 0) is 0 Å². The number of rotatable bonds is 5. The number of benzene rings is 6. The van der Waals surface area contributed by atoms with Crippen molar-refractivity contribution in [2.45, 2.75) is 0 Å². The highest BCUT2D eigenvalue weighted by Gasteiger charge is 2.21. The van der Waals surface area contributed by atoms with E-state index in [1.165, 1.54) is 12.1 Å². The number of hydrogen-bond donors (Lipinski definition) is 0. The maximum atomic E-state index is 14.5. The fourth-order valence-electron chi connectivity index (χ4n) is 6.16. The van der Waals surface area contributed by atoms with Gasteiger partial charge in [-0.2, -0.15) is 10.5 Å². The van der Waals surface area contributed by atoms with Gasteiger partial charge in [0.25, 0.3) is 0 Å². The fraction of sp³-hybridized carbons (Fsp3) is 0. The highest BCUT2D eigenvalue weighted by Crippen LogP contribution is 2.39. The van der Waals surface area contributed by atoms with Gasteiger partial charge in [-0.3, -0.25) is 0 Å². The van der Waals surface area contributed by atoms with Crippen LogP contribution >= 0.6 is 0 Å². The van der Waals surface area contributed by atoms with Gasteiger partial charge in [-0.15, -0.1) is 0 Å². The quantitative estimate of drug-likeness (QED) is 0.188. The molecule has 2 heterocycles. The van der Waals surface area contributed by atoms with Crippen molar-refractivity contribution in [2.24, 2.45) is 0 Å². The van der Waals surface area contributed by atoms with Gasteiger partial charge in [0, 0.05) is 33.5 Å². The van der Waals surface area contributed by atoms with Crippen LogP contribution in [0.2, 0.25) is 0 Å². The van der Waals surface area contributed by atoms with Crippen molar-refractivity contribution in [3.8, 4) is 63.1 Å². The van der Waals surface area contributed by atoms with E-state index >= 15 is 0 Å². The first kappa shape index (κ1) is 29.4. The lowest BCUT2D eigenvalue weighted by molar-refractivity contribution is 0.584. The number of nitriles is 2. The van der Waals surface area contributed by atoms with Gasteiger partial charge in [0.1, 0.15) is 11.6 Å². The van der Waals surface area contributed by atoms with Gasteiger partial charge < -0.3 is 4.57 Å². The zero-order chi connectivity index (χ0) is 33.5. The first-order valence-electron chi connectivity index (χ1n) is 15.4. The molecule has 0 aliphatic heterocycles. The molecule has 6 nitrogen and oxygen atoms in total. The normalized spacial score (nSPS) is 11.0. The topological polar surface area (TPSA) is 91.2 Å². The van der Waals surface area contributed by atoms with Gasteiger partial charge in [-0.1, -0.05) is 66.7 Å². The van der Waals surface area contributed by atoms with Crippen LogP contribution in [0.3, 0.4) is 0 Å². The van der Waals surface area contributed by atoms with Crippen molar-refractivity contribution in [3.63, 3.8) is 0 Å². The highest BCUT2D eigenvalue weighted by atomic mass is 19.1. The van der Waals surface area contributed by atoms with Crippen LogP contribution in [0.4, 0.5) is 8.78 Å². The Labute approximate surface area is 279 Å². The lowest BCUT2D eigenvalue weighted by atomic mass is 10.0. The fourth-order valence-corrected chi connectivity index (χ4v) is 6.16. The van der Waals surface area contributed by atoms with Gasteiger partial charge >= 0.3 is 0 Å². The molecule has 0 atom stereocenters. The summed E-state index contributed by atoms with van der Waals surface area (Å²) in [5.74, 6) is -0.0412. The maximum absolute atomic E-state index is 14.5. The summed E-state index contributed by atoms with van der Waals surface area (Å²) in [6, 6.07) is 43.4. The van der Waals surface area contributed by atoms with Crippen molar-refractivity contribution < 1.29 is 8.78 Å². The van der Waals surface area contributed by atoms with Crippen LogP contribution in [0.1, 0.15) is 11.1 Å². The molecule has 8 heteroatoms. The summed E-state index contributed by atoms with van der Waals surface area (Å²) in [6.45, 7) is 0. The third-order valence-corrected chi connectivity index (χ3v) is 8.40. The average molecular weight is 637 g/mol. The van der Waals surface area contributed by atoms with E-state index in [1.807, 2.05) is 89.5 Å². The number of halogens is 2. The molecule has 0 spiro atoms. The number of nitrogens with zero attached hydrogens (tertiary/aromatic N) is 6. The predicted octanol–water partition coefficient (Wildman–Crippen LogP) is 9.66. The minimum atomic E-state index is -0.692. The van der Waals surface area contributed by atoms with E-state index in [4.69, 9.17) is 15.0 Å². The van der Waals surface area contributed by atoms with Gasteiger partial charge in [0.05, 0.1) is 40.0 Å². The Kier molecular flexibility index (Phi) is 7.17. The third kappa shape index (κ3) is 5.34. The van der Waals surface area contributed by atoms with E-state index in [9.17, 15) is 19.3 Å². The molecule has 6 aromatic carbocycles. The van der Waals surface area contributed by atoms with Crippen LogP contribution in [0.15, 0.2) is 133 Å². The Morgan fingerprint density at radius 3 is 1.49 bits per heavy atom. The Balaban J connectivity index is 1.47. The minimum Gasteiger partial charge on any atom is -0.308 e. The van der Waals surface area contributed by atoms with Crippen LogP contribution < -0.4 is 0 Å². The third-order valence-electron chi connectivity index (χ3n) is 8.40. The van der Waals surface area contributed by atoms with Crippen molar-refractivity contribution in [1.29, 1.82) is 10.5 Å². The van der Waals surface area contributed by atoms with Crippen LogP contribution in [-0.4, -0.2) is 19.5 Å². The standard InChI is InChI=1S/C41H22F2N6/c42-31-19-30(20-32(43)22-31)29-13-14-33(41-47-39(27-7-3-1-4-8-27)46-40(48-41)28-9-5-2-6-10-28)38(21-29)49-36-15-11-25(23-44)17-34(36)35-18-26(24-45)12-16-37(35)49/h1-22H. The van der Waals surface area contributed by atoms with E-state index in [-0.39, 0.29) is 0 Å². The maximum Gasteiger partial charge on any atom is 0.166 e. The summed E-state index contributed by atoms with van der Waals surface area (Å²) in [5.41, 5.74) is 6.24. The molecule has 2 aromatic heterocycles. The molecule has 0 radical (unpaired) electrons. The SMILES string of the molecule is N#Cc1ccc2c(c1)c1cc(C#N)ccc1n2-c1cc(-c2cc(F)cc(F)c2)ccc1-c1nc(-c2ccccc2)nc(-c2ccccc2)n1. The summed E-state index contributed by atoms with van der Waals surface area (Å²) in [7, 11) is 0. The molecular weight excluding hydrogens is 614 g/mol. The first-order chi connectivity index (χ1) is 24.0. The molecule has 0 amide bonds. The Hall–Kier alpha value is -7.03. The Morgan fingerprint density at radius 1 is 0.469 bits per heavy atom. The molecule has 8 rings (SSSR count). The van der Waals surface area contributed by atoms with Gasteiger partial charge in [-0.25, -0.2) is 23.7 Å². The molecule has 0 unspecified atom stereocenters. The second-order valence-corrected chi connectivity index (χ2v) is 11.5. The molecule has 49 heavy (non-hydrogen) atoms. The van der Waals surface area contributed by atoms with Crippen LogP contribution in [0.5, 0.6) is 0 Å². The molecule has 230 valence electrons. The molecule has 0 bridgehead atoms. The van der Waals surface area contributed by atoms with Crippen LogP contribution in [0, 0.1) is 34.3 Å². The Morgan fingerprint density at radius 2 is 0.980 bits per heavy atom. The van der Waals surface area contributed by atoms with E-state index in [1.54, 1.807) is 30.3 Å². The summed E-state index contributed by atoms with van der Waals surface area (Å²) >= 11 is 0. The molecule has 0 fully saturated rings. The number of hydrogen-bond acceptors (Lipinski definition) is 5. The minimum absolute atomic E-state index is 0.357. The van der Waals surface area contributed by atoms with Crippen molar-refractivity contribution >= 4 is 21.8 Å². The molecule has 8 aromatic rings. The largest absolute Gasteiger partial charge is 0.308 e. The summed E-state index contributed by atoms with van der Waals surface area (Å²) in [6.07, 6.45) is 0. The predicted molar refractivity (Wildman–Crippen MR) is 185 cm³/mol. The zero-order valence-electron chi connectivity index (χ0n) is 25.6. The van der Waals surface area contributed by atoms with Crippen LogP contribution in [0.25, 0.3) is 72.8 Å². The number of fused-ring (bicyclic) bond motifs is 3.